The van der Waals surface area contributed by atoms with Gasteiger partial charge in [-0.3, -0.25) is 4.90 Å². The van der Waals surface area contributed by atoms with Gasteiger partial charge in [-0.25, -0.2) is 8.42 Å². The molecule has 0 spiro atoms. The molecule has 4 nitrogen and oxygen atoms in total. The Balaban J connectivity index is 1.95. The Labute approximate surface area is 122 Å². The topological polar surface area (TPSA) is 57.6 Å². The number of nitrogens with zero attached hydrogens (tertiary/aromatic N) is 1. The van der Waals surface area contributed by atoms with Crippen LogP contribution in [0.1, 0.15) is 18.1 Å². The van der Waals surface area contributed by atoms with Crippen molar-refractivity contribution in [2.45, 2.75) is 18.6 Å². The predicted molar refractivity (Wildman–Crippen MR) is 78.8 cm³/mol. The summed E-state index contributed by atoms with van der Waals surface area (Å²) in [5.74, 6) is 0.465. The number of benzene rings is 1. The highest BCUT2D eigenvalue weighted by Gasteiger charge is 2.31. The lowest BCUT2D eigenvalue weighted by molar-refractivity contribution is 0.110. The molecular formula is C13H18BrNO3S. The summed E-state index contributed by atoms with van der Waals surface area (Å²) in [6, 6.07) is 7.54. The first-order valence-electron chi connectivity index (χ1n) is 6.21. The zero-order valence-electron chi connectivity index (χ0n) is 10.8. The standard InChI is InChI=1S/C13H18BrNO3S/c1-15(12-6-7-19(17,18)9-12)8-13(16)10-2-4-11(14)5-3-10/h2-5,12-13,16H,6-9H2,1H3/t12-,13-/m1/s1. The van der Waals surface area contributed by atoms with Crippen molar-refractivity contribution in [1.82, 2.24) is 4.90 Å². The number of hydrogen-bond donors (Lipinski definition) is 1. The van der Waals surface area contributed by atoms with E-state index in [4.69, 9.17) is 0 Å². The minimum absolute atomic E-state index is 0.0232. The van der Waals surface area contributed by atoms with Crippen LogP contribution >= 0.6 is 15.9 Å². The molecule has 2 atom stereocenters. The summed E-state index contributed by atoms with van der Waals surface area (Å²) < 4.78 is 23.9. The lowest BCUT2D eigenvalue weighted by atomic mass is 10.1. The minimum Gasteiger partial charge on any atom is -0.387 e. The Morgan fingerprint density at radius 3 is 2.58 bits per heavy atom. The van der Waals surface area contributed by atoms with Crippen LogP contribution in [-0.2, 0) is 9.84 Å². The van der Waals surface area contributed by atoms with Crippen LogP contribution in [0.4, 0.5) is 0 Å². The van der Waals surface area contributed by atoms with E-state index in [9.17, 15) is 13.5 Å². The molecule has 1 saturated heterocycles. The molecule has 2 rings (SSSR count). The maximum Gasteiger partial charge on any atom is 0.151 e. The molecule has 0 radical (unpaired) electrons. The third-order valence-corrected chi connectivity index (χ3v) is 5.83. The average Bonchev–Trinajstić information content (AvgIpc) is 2.70. The smallest absolute Gasteiger partial charge is 0.151 e. The van der Waals surface area contributed by atoms with Gasteiger partial charge in [0.1, 0.15) is 0 Å². The molecule has 0 bridgehead atoms. The van der Waals surface area contributed by atoms with Gasteiger partial charge in [0.15, 0.2) is 9.84 Å². The van der Waals surface area contributed by atoms with Gasteiger partial charge >= 0.3 is 0 Å². The van der Waals surface area contributed by atoms with Crippen molar-refractivity contribution >= 4 is 25.8 Å². The molecule has 1 fully saturated rings. The maximum atomic E-state index is 11.4. The van der Waals surface area contributed by atoms with E-state index in [0.717, 1.165) is 10.0 Å². The fraction of sp³-hybridized carbons (Fsp3) is 0.538. The molecule has 1 heterocycles. The van der Waals surface area contributed by atoms with Gasteiger partial charge in [0.25, 0.3) is 0 Å². The van der Waals surface area contributed by atoms with Gasteiger partial charge in [-0.1, -0.05) is 28.1 Å². The van der Waals surface area contributed by atoms with E-state index < -0.39 is 15.9 Å². The first-order chi connectivity index (χ1) is 8.87. The Bertz CT molecular complexity index is 529. The number of aliphatic hydroxyl groups is 1. The quantitative estimate of drug-likeness (QED) is 0.898. The van der Waals surface area contributed by atoms with Gasteiger partial charge in [-0.2, -0.15) is 0 Å². The molecular weight excluding hydrogens is 330 g/mol. The lowest BCUT2D eigenvalue weighted by Gasteiger charge is -2.25. The van der Waals surface area contributed by atoms with Crippen LogP contribution < -0.4 is 0 Å². The molecule has 1 aromatic rings. The molecule has 0 aliphatic carbocycles. The Morgan fingerprint density at radius 1 is 1.42 bits per heavy atom. The fourth-order valence-electron chi connectivity index (χ4n) is 2.34. The summed E-state index contributed by atoms with van der Waals surface area (Å²) in [5.41, 5.74) is 0.843. The maximum absolute atomic E-state index is 11.4. The van der Waals surface area contributed by atoms with Crippen molar-refractivity contribution in [1.29, 1.82) is 0 Å². The Hall–Kier alpha value is -0.430. The highest BCUT2D eigenvalue weighted by Crippen LogP contribution is 2.21. The molecule has 1 N–H and O–H groups in total. The third kappa shape index (κ3) is 4.02. The van der Waals surface area contributed by atoms with Crippen molar-refractivity contribution in [3.05, 3.63) is 34.3 Å². The van der Waals surface area contributed by atoms with E-state index in [1.807, 2.05) is 36.2 Å². The molecule has 1 aliphatic rings. The number of hydrogen-bond acceptors (Lipinski definition) is 4. The highest BCUT2D eigenvalue weighted by atomic mass is 79.9. The number of rotatable bonds is 4. The molecule has 1 aromatic carbocycles. The second-order valence-corrected chi connectivity index (χ2v) is 8.21. The van der Waals surface area contributed by atoms with E-state index in [2.05, 4.69) is 15.9 Å². The largest absolute Gasteiger partial charge is 0.387 e. The predicted octanol–water partition coefficient (Wildman–Crippen LogP) is 1.60. The van der Waals surface area contributed by atoms with E-state index >= 15 is 0 Å². The molecule has 0 amide bonds. The molecule has 19 heavy (non-hydrogen) atoms. The molecule has 0 aromatic heterocycles. The minimum atomic E-state index is -2.88. The number of aliphatic hydroxyl groups excluding tert-OH is 1. The summed E-state index contributed by atoms with van der Waals surface area (Å²) in [5, 5.41) is 10.2. The summed E-state index contributed by atoms with van der Waals surface area (Å²) in [7, 11) is -1.01. The van der Waals surface area contributed by atoms with Crippen molar-refractivity contribution in [2.75, 3.05) is 25.1 Å². The molecule has 0 unspecified atom stereocenters. The highest BCUT2D eigenvalue weighted by molar-refractivity contribution is 9.10. The molecule has 0 saturated carbocycles. The van der Waals surface area contributed by atoms with Gasteiger partial charge in [-0.15, -0.1) is 0 Å². The first kappa shape index (κ1) is 15.0. The third-order valence-electron chi connectivity index (χ3n) is 3.55. The second-order valence-electron chi connectivity index (χ2n) is 5.06. The van der Waals surface area contributed by atoms with Gasteiger partial charge in [0.05, 0.1) is 17.6 Å². The van der Waals surface area contributed by atoms with Gasteiger partial charge < -0.3 is 5.11 Å². The van der Waals surface area contributed by atoms with Crippen molar-refractivity contribution in [3.8, 4) is 0 Å². The number of likely N-dealkylation sites (N-methyl/N-ethyl adjacent to an activating group) is 1. The van der Waals surface area contributed by atoms with E-state index in [1.165, 1.54) is 0 Å². The van der Waals surface area contributed by atoms with Crippen molar-refractivity contribution < 1.29 is 13.5 Å². The number of halogens is 1. The average molecular weight is 348 g/mol. The van der Waals surface area contributed by atoms with Crippen LogP contribution in [0.2, 0.25) is 0 Å². The summed E-state index contributed by atoms with van der Waals surface area (Å²) in [6.45, 7) is 0.446. The Morgan fingerprint density at radius 2 is 2.05 bits per heavy atom. The van der Waals surface area contributed by atoms with Crippen LogP contribution in [0.15, 0.2) is 28.7 Å². The van der Waals surface area contributed by atoms with Crippen LogP contribution in [0.5, 0.6) is 0 Å². The van der Waals surface area contributed by atoms with Crippen LogP contribution in [-0.4, -0.2) is 49.6 Å². The second kappa shape index (κ2) is 5.91. The summed E-state index contributed by atoms with van der Waals surface area (Å²) in [6.07, 6.45) is 0.0627. The monoisotopic (exact) mass is 347 g/mol. The normalized spacial score (nSPS) is 23.7. The van der Waals surface area contributed by atoms with Crippen LogP contribution in [0.25, 0.3) is 0 Å². The number of sulfone groups is 1. The van der Waals surface area contributed by atoms with Crippen LogP contribution in [0.3, 0.4) is 0 Å². The lowest BCUT2D eigenvalue weighted by Crippen LogP contribution is -2.35. The van der Waals surface area contributed by atoms with E-state index in [1.54, 1.807) is 0 Å². The fourth-order valence-corrected chi connectivity index (χ4v) is 4.40. The Kier molecular flexibility index (Phi) is 4.66. The van der Waals surface area contributed by atoms with Gasteiger partial charge in [-0.05, 0) is 31.2 Å². The van der Waals surface area contributed by atoms with Crippen LogP contribution in [0, 0.1) is 0 Å². The molecule has 1 aliphatic heterocycles. The van der Waals surface area contributed by atoms with Crippen molar-refractivity contribution in [3.63, 3.8) is 0 Å². The summed E-state index contributed by atoms with van der Waals surface area (Å²) >= 11 is 3.35. The molecule has 106 valence electrons. The van der Waals surface area contributed by atoms with E-state index in [-0.39, 0.29) is 17.5 Å². The van der Waals surface area contributed by atoms with Crippen molar-refractivity contribution in [2.24, 2.45) is 0 Å². The molecule has 6 heteroatoms. The zero-order valence-corrected chi connectivity index (χ0v) is 13.2. The van der Waals surface area contributed by atoms with Gasteiger partial charge in [0.2, 0.25) is 0 Å². The SMILES string of the molecule is CN(C[C@@H](O)c1ccc(Br)cc1)[C@@H]1CCS(=O)(=O)C1. The first-order valence-corrected chi connectivity index (χ1v) is 8.83. The van der Waals surface area contributed by atoms with Gasteiger partial charge in [0, 0.05) is 17.1 Å². The van der Waals surface area contributed by atoms with E-state index in [0.29, 0.717) is 13.0 Å². The zero-order chi connectivity index (χ0) is 14.0. The summed E-state index contributed by atoms with van der Waals surface area (Å²) in [4.78, 5) is 1.94.